The number of rotatable bonds is 3. The van der Waals surface area contributed by atoms with Gasteiger partial charge in [-0.2, -0.15) is 0 Å². The van der Waals surface area contributed by atoms with Gasteiger partial charge in [-0.1, -0.05) is 35.7 Å². The van der Waals surface area contributed by atoms with Gasteiger partial charge in [-0.25, -0.2) is 0 Å². The van der Waals surface area contributed by atoms with Crippen LogP contribution in [0.3, 0.4) is 0 Å². The zero-order valence-electron chi connectivity index (χ0n) is 11.8. The van der Waals surface area contributed by atoms with Gasteiger partial charge in [-0.3, -0.25) is 0 Å². The predicted molar refractivity (Wildman–Crippen MR) is 81.7 cm³/mol. The third-order valence-corrected chi connectivity index (χ3v) is 5.28. The highest BCUT2D eigenvalue weighted by atomic mass is 79.9. The lowest BCUT2D eigenvalue weighted by atomic mass is 9.76. The molecule has 3 heteroatoms. The van der Waals surface area contributed by atoms with Crippen LogP contribution >= 0.6 is 15.9 Å². The maximum Gasteiger partial charge on any atom is 0.127 e. The third-order valence-electron chi connectivity index (χ3n) is 4.82. The molecular weight excluding hydrogens is 302 g/mol. The average Bonchev–Trinajstić information content (AvgIpc) is 2.99. The lowest BCUT2D eigenvalue weighted by Gasteiger charge is -2.35. The van der Waals surface area contributed by atoms with E-state index in [0.29, 0.717) is 11.5 Å². The molecule has 0 amide bonds. The minimum atomic E-state index is 0.356. The molecule has 2 aliphatic rings. The first kappa shape index (κ1) is 13.4. The first-order chi connectivity index (χ1) is 9.14. The largest absolute Gasteiger partial charge is 0.493 e. The Kier molecular flexibility index (Phi) is 3.61. The molecule has 19 heavy (non-hydrogen) atoms. The van der Waals surface area contributed by atoms with Gasteiger partial charge < -0.3 is 10.1 Å². The Bertz CT molecular complexity index is 480. The Hall–Kier alpha value is -0.540. The molecule has 1 aromatic rings. The van der Waals surface area contributed by atoms with E-state index in [9.17, 15) is 0 Å². The first-order valence-electron chi connectivity index (χ1n) is 7.26. The molecule has 1 saturated carbocycles. The highest BCUT2D eigenvalue weighted by molar-refractivity contribution is 9.10. The molecule has 1 atom stereocenters. The van der Waals surface area contributed by atoms with Crippen molar-refractivity contribution < 1.29 is 4.74 Å². The molecule has 1 unspecified atom stereocenters. The summed E-state index contributed by atoms with van der Waals surface area (Å²) in [7, 11) is 2.08. The minimum Gasteiger partial charge on any atom is -0.493 e. The summed E-state index contributed by atoms with van der Waals surface area (Å²) in [6.45, 7) is 3.25. The average molecular weight is 324 g/mol. The third kappa shape index (κ3) is 2.31. The number of nitrogens with one attached hydrogen (secondary N) is 1. The number of halogens is 1. The van der Waals surface area contributed by atoms with Crippen molar-refractivity contribution in [3.8, 4) is 5.75 Å². The van der Waals surface area contributed by atoms with Gasteiger partial charge in [0.05, 0.1) is 6.61 Å². The van der Waals surface area contributed by atoms with Gasteiger partial charge in [-0.15, -0.1) is 0 Å². The molecule has 104 valence electrons. The van der Waals surface area contributed by atoms with E-state index in [1.165, 1.54) is 41.3 Å². The van der Waals surface area contributed by atoms with Gasteiger partial charge >= 0.3 is 0 Å². The summed E-state index contributed by atoms with van der Waals surface area (Å²) in [6, 6.07) is 4.84. The Morgan fingerprint density at radius 1 is 1.32 bits per heavy atom. The van der Waals surface area contributed by atoms with Crippen LogP contribution in [0.2, 0.25) is 0 Å². The van der Waals surface area contributed by atoms with Gasteiger partial charge in [0.1, 0.15) is 5.75 Å². The van der Waals surface area contributed by atoms with E-state index in [1.807, 2.05) is 0 Å². The Labute approximate surface area is 124 Å². The molecule has 1 aliphatic heterocycles. The Morgan fingerprint density at radius 3 is 2.74 bits per heavy atom. The summed E-state index contributed by atoms with van der Waals surface area (Å²) >= 11 is 3.66. The molecule has 0 bridgehead atoms. The van der Waals surface area contributed by atoms with Crippen LogP contribution in [0, 0.1) is 5.41 Å². The number of hydrogen-bond acceptors (Lipinski definition) is 2. The van der Waals surface area contributed by atoms with Crippen LogP contribution in [-0.2, 0) is 6.42 Å². The van der Waals surface area contributed by atoms with E-state index in [2.05, 4.69) is 47.4 Å². The topological polar surface area (TPSA) is 21.3 Å². The van der Waals surface area contributed by atoms with Crippen LogP contribution in [0.1, 0.15) is 49.8 Å². The lowest BCUT2D eigenvalue weighted by Crippen LogP contribution is -2.32. The van der Waals surface area contributed by atoms with E-state index in [0.717, 1.165) is 18.8 Å². The maximum atomic E-state index is 5.91. The molecule has 1 N–H and O–H groups in total. The summed E-state index contributed by atoms with van der Waals surface area (Å²) in [4.78, 5) is 0. The molecule has 1 heterocycles. The molecule has 1 aromatic carbocycles. The van der Waals surface area contributed by atoms with Gasteiger partial charge in [0.15, 0.2) is 0 Å². The van der Waals surface area contributed by atoms with Crippen LogP contribution in [0.4, 0.5) is 0 Å². The second-order valence-corrected chi connectivity index (χ2v) is 7.08. The Balaban J connectivity index is 2.04. The molecular formula is C16H22BrNO. The van der Waals surface area contributed by atoms with Gasteiger partial charge in [-0.05, 0) is 43.0 Å². The summed E-state index contributed by atoms with van der Waals surface area (Å²) in [6.07, 6.45) is 6.35. The molecule has 0 saturated heterocycles. The SMILES string of the molecule is CNC(c1cc(Br)cc2c1OCC2)C1(C)CCCC1. The van der Waals surface area contributed by atoms with Crippen molar-refractivity contribution in [1.29, 1.82) is 0 Å². The van der Waals surface area contributed by atoms with Crippen molar-refractivity contribution in [2.45, 2.75) is 45.1 Å². The van der Waals surface area contributed by atoms with Crippen molar-refractivity contribution >= 4 is 15.9 Å². The second-order valence-electron chi connectivity index (χ2n) is 6.16. The number of benzene rings is 1. The van der Waals surface area contributed by atoms with Crippen LogP contribution < -0.4 is 10.1 Å². The van der Waals surface area contributed by atoms with Gasteiger partial charge in [0.2, 0.25) is 0 Å². The fraction of sp³-hybridized carbons (Fsp3) is 0.625. The number of ether oxygens (including phenoxy) is 1. The van der Waals surface area contributed by atoms with Crippen LogP contribution in [0.15, 0.2) is 16.6 Å². The van der Waals surface area contributed by atoms with Crippen molar-refractivity contribution in [2.24, 2.45) is 5.41 Å². The normalized spacial score (nSPS) is 22.1. The van der Waals surface area contributed by atoms with Gasteiger partial charge in [0.25, 0.3) is 0 Å². The molecule has 2 nitrogen and oxygen atoms in total. The zero-order valence-corrected chi connectivity index (χ0v) is 13.3. The molecule has 3 rings (SSSR count). The van der Waals surface area contributed by atoms with Crippen molar-refractivity contribution in [3.05, 3.63) is 27.7 Å². The number of fused-ring (bicyclic) bond motifs is 1. The van der Waals surface area contributed by atoms with Crippen LogP contribution in [-0.4, -0.2) is 13.7 Å². The molecule has 1 aliphatic carbocycles. The van der Waals surface area contributed by atoms with Crippen LogP contribution in [0.25, 0.3) is 0 Å². The zero-order chi connectivity index (χ0) is 13.5. The van der Waals surface area contributed by atoms with Crippen molar-refractivity contribution in [2.75, 3.05) is 13.7 Å². The van der Waals surface area contributed by atoms with Crippen LogP contribution in [0.5, 0.6) is 5.75 Å². The molecule has 0 spiro atoms. The highest BCUT2D eigenvalue weighted by Crippen LogP contribution is 2.50. The second kappa shape index (κ2) is 5.10. The summed E-state index contributed by atoms with van der Waals surface area (Å²) < 4.78 is 7.09. The summed E-state index contributed by atoms with van der Waals surface area (Å²) in [5, 5.41) is 3.56. The van der Waals surface area contributed by atoms with Crippen molar-refractivity contribution in [1.82, 2.24) is 5.32 Å². The molecule has 0 radical (unpaired) electrons. The van der Waals surface area contributed by atoms with E-state index in [-0.39, 0.29) is 0 Å². The summed E-state index contributed by atoms with van der Waals surface area (Å²) in [5.74, 6) is 1.13. The van der Waals surface area contributed by atoms with E-state index < -0.39 is 0 Å². The first-order valence-corrected chi connectivity index (χ1v) is 8.06. The fourth-order valence-corrected chi connectivity index (χ4v) is 4.39. The molecule has 0 aromatic heterocycles. The lowest BCUT2D eigenvalue weighted by molar-refractivity contribution is 0.227. The quantitative estimate of drug-likeness (QED) is 0.899. The summed E-state index contributed by atoms with van der Waals surface area (Å²) in [5.41, 5.74) is 3.05. The Morgan fingerprint density at radius 2 is 2.05 bits per heavy atom. The smallest absolute Gasteiger partial charge is 0.127 e. The molecule has 1 fully saturated rings. The van der Waals surface area contributed by atoms with E-state index in [1.54, 1.807) is 0 Å². The maximum absolute atomic E-state index is 5.91. The van der Waals surface area contributed by atoms with Gasteiger partial charge in [0, 0.05) is 22.5 Å². The fourth-order valence-electron chi connectivity index (χ4n) is 3.86. The van der Waals surface area contributed by atoms with E-state index >= 15 is 0 Å². The number of hydrogen-bond donors (Lipinski definition) is 1. The van der Waals surface area contributed by atoms with E-state index in [4.69, 9.17) is 4.74 Å². The monoisotopic (exact) mass is 323 g/mol. The highest BCUT2D eigenvalue weighted by Gasteiger charge is 2.39. The minimum absolute atomic E-state index is 0.356. The standard InChI is InChI=1S/C16H22BrNO/c1-16(6-3-4-7-16)15(18-2)13-10-12(17)9-11-5-8-19-14(11)13/h9-10,15,18H,3-8H2,1-2H3. The predicted octanol–water partition coefficient (Wildman–Crippen LogP) is 4.22. The van der Waals surface area contributed by atoms with Crippen molar-refractivity contribution in [3.63, 3.8) is 0 Å².